The van der Waals surface area contributed by atoms with Crippen molar-refractivity contribution in [2.45, 2.75) is 10.8 Å². The minimum absolute atomic E-state index is 0.205. The van der Waals surface area contributed by atoms with E-state index in [-0.39, 0.29) is 16.3 Å². The molecule has 0 aliphatic carbocycles. The van der Waals surface area contributed by atoms with Crippen molar-refractivity contribution in [3.05, 3.63) is 70.5 Å². The first-order valence-corrected chi connectivity index (χ1v) is 9.04. The van der Waals surface area contributed by atoms with Gasteiger partial charge in [-0.3, -0.25) is 4.79 Å². The summed E-state index contributed by atoms with van der Waals surface area (Å²) in [6, 6.07) is 15.4. The summed E-state index contributed by atoms with van der Waals surface area (Å²) in [7, 11) is -3.58. The topological polar surface area (TPSA) is 91.9 Å². The lowest BCUT2D eigenvalue weighted by atomic mass is 10.2. The summed E-state index contributed by atoms with van der Waals surface area (Å²) in [5.74, 6) is 0. The Morgan fingerprint density at radius 2 is 1.83 bits per heavy atom. The molecule has 8 heteroatoms. The second kappa shape index (κ2) is 6.45. The van der Waals surface area contributed by atoms with E-state index in [1.165, 1.54) is 12.1 Å². The number of aromatic nitrogens is 2. The smallest absolute Gasteiger partial charge is 0.264 e. The van der Waals surface area contributed by atoms with Crippen molar-refractivity contribution >= 4 is 21.4 Å². The number of sulfonamides is 1. The van der Waals surface area contributed by atoms with E-state index in [1.54, 1.807) is 12.1 Å². The van der Waals surface area contributed by atoms with Crippen LogP contribution in [0.5, 0.6) is 0 Å². The minimum Gasteiger partial charge on any atom is -0.268 e. The summed E-state index contributed by atoms with van der Waals surface area (Å²) in [6.07, 6.45) is 0. The third-order valence-electron chi connectivity index (χ3n) is 3.09. The zero-order valence-electron chi connectivity index (χ0n) is 11.9. The molecule has 23 heavy (non-hydrogen) atoms. The molecule has 1 aromatic carbocycles. The standard InChI is InChI=1S/C15H13N3O3S2/c19-14-8-6-12(17-18-14)13-7-9-15(22-13)23(20,21)16-10-11-4-2-1-3-5-11/h1-9,16H,10H2,(H,18,19). The third-order valence-corrected chi connectivity index (χ3v) is 6.09. The van der Waals surface area contributed by atoms with Crippen molar-refractivity contribution in [2.75, 3.05) is 0 Å². The fourth-order valence-corrected chi connectivity index (χ4v) is 4.27. The van der Waals surface area contributed by atoms with Gasteiger partial charge < -0.3 is 0 Å². The summed E-state index contributed by atoms with van der Waals surface area (Å²) in [4.78, 5) is 11.7. The lowest BCUT2D eigenvalue weighted by Crippen LogP contribution is -2.22. The molecule has 6 nitrogen and oxygen atoms in total. The average molecular weight is 347 g/mol. The van der Waals surface area contributed by atoms with Gasteiger partial charge in [0, 0.05) is 12.6 Å². The van der Waals surface area contributed by atoms with Gasteiger partial charge in [-0.2, -0.15) is 5.10 Å². The fourth-order valence-electron chi connectivity index (χ4n) is 1.93. The van der Waals surface area contributed by atoms with E-state index in [2.05, 4.69) is 14.9 Å². The summed E-state index contributed by atoms with van der Waals surface area (Å²) in [6.45, 7) is 0.229. The van der Waals surface area contributed by atoms with Gasteiger partial charge in [0.05, 0.1) is 4.88 Å². The Hall–Kier alpha value is -2.29. The van der Waals surface area contributed by atoms with Crippen molar-refractivity contribution in [3.8, 4) is 10.6 Å². The lowest BCUT2D eigenvalue weighted by molar-refractivity contribution is 0.583. The van der Waals surface area contributed by atoms with Crippen molar-refractivity contribution < 1.29 is 8.42 Å². The van der Waals surface area contributed by atoms with Crippen LogP contribution in [0.1, 0.15) is 5.56 Å². The maximum absolute atomic E-state index is 12.3. The molecule has 0 atom stereocenters. The quantitative estimate of drug-likeness (QED) is 0.738. The van der Waals surface area contributed by atoms with Crippen LogP contribution in [0.3, 0.4) is 0 Å². The minimum atomic E-state index is -3.58. The summed E-state index contributed by atoms with van der Waals surface area (Å²) < 4.78 is 27.4. The van der Waals surface area contributed by atoms with E-state index in [4.69, 9.17) is 0 Å². The van der Waals surface area contributed by atoms with Gasteiger partial charge in [0.25, 0.3) is 5.56 Å². The first-order valence-electron chi connectivity index (χ1n) is 6.74. The number of benzene rings is 1. The number of thiophene rings is 1. The molecule has 3 rings (SSSR count). The van der Waals surface area contributed by atoms with E-state index in [0.717, 1.165) is 16.9 Å². The van der Waals surface area contributed by atoms with Gasteiger partial charge in [0.15, 0.2) is 0 Å². The van der Waals surface area contributed by atoms with Crippen LogP contribution in [0.2, 0.25) is 0 Å². The number of aromatic amines is 1. The van der Waals surface area contributed by atoms with Crippen LogP contribution in [0.15, 0.2) is 63.6 Å². The number of rotatable bonds is 5. The number of hydrogen-bond donors (Lipinski definition) is 2. The number of nitrogens with zero attached hydrogens (tertiary/aromatic N) is 1. The zero-order chi connectivity index (χ0) is 16.3. The van der Waals surface area contributed by atoms with Crippen LogP contribution in [0.25, 0.3) is 10.6 Å². The van der Waals surface area contributed by atoms with E-state index in [1.807, 2.05) is 30.3 Å². The monoisotopic (exact) mass is 347 g/mol. The van der Waals surface area contributed by atoms with Crippen LogP contribution >= 0.6 is 11.3 Å². The molecular formula is C15H13N3O3S2. The SMILES string of the molecule is O=c1ccc(-c2ccc(S(=O)(=O)NCc3ccccc3)s2)n[nH]1. The summed E-state index contributed by atoms with van der Waals surface area (Å²) >= 11 is 1.10. The van der Waals surface area contributed by atoms with Crippen molar-refractivity contribution in [2.24, 2.45) is 0 Å². The van der Waals surface area contributed by atoms with Crippen molar-refractivity contribution in [3.63, 3.8) is 0 Å². The van der Waals surface area contributed by atoms with Crippen LogP contribution in [0, 0.1) is 0 Å². The van der Waals surface area contributed by atoms with Gasteiger partial charge in [-0.1, -0.05) is 30.3 Å². The molecule has 0 bridgehead atoms. The molecule has 0 amide bonds. The Kier molecular flexibility index (Phi) is 4.37. The van der Waals surface area contributed by atoms with Gasteiger partial charge in [0.1, 0.15) is 9.90 Å². The van der Waals surface area contributed by atoms with E-state index in [9.17, 15) is 13.2 Å². The first kappa shape index (κ1) is 15.6. The van der Waals surface area contributed by atoms with Crippen LogP contribution < -0.4 is 10.3 Å². The Balaban J connectivity index is 1.78. The zero-order valence-corrected chi connectivity index (χ0v) is 13.5. The molecule has 2 heterocycles. The highest BCUT2D eigenvalue weighted by atomic mass is 32.2. The Labute approximate surface area is 136 Å². The van der Waals surface area contributed by atoms with E-state index in [0.29, 0.717) is 10.6 Å². The maximum Gasteiger partial charge on any atom is 0.264 e. The molecule has 0 unspecified atom stereocenters. The van der Waals surface area contributed by atoms with Crippen molar-refractivity contribution in [1.82, 2.24) is 14.9 Å². The molecule has 0 spiro atoms. The predicted molar refractivity (Wildman–Crippen MR) is 88.6 cm³/mol. The van der Waals surface area contributed by atoms with Gasteiger partial charge in [-0.15, -0.1) is 11.3 Å². The number of hydrogen-bond acceptors (Lipinski definition) is 5. The van der Waals surface area contributed by atoms with Gasteiger partial charge >= 0.3 is 0 Å². The van der Waals surface area contributed by atoms with Crippen LogP contribution in [0.4, 0.5) is 0 Å². The normalized spacial score (nSPS) is 11.5. The highest BCUT2D eigenvalue weighted by Crippen LogP contribution is 2.28. The average Bonchev–Trinajstić information content (AvgIpc) is 3.06. The summed E-state index contributed by atoms with van der Waals surface area (Å²) in [5, 5.41) is 6.22. The number of H-pyrrole nitrogens is 1. The van der Waals surface area contributed by atoms with E-state index >= 15 is 0 Å². The second-order valence-electron chi connectivity index (χ2n) is 4.74. The molecular weight excluding hydrogens is 334 g/mol. The Bertz CT molecular complexity index is 942. The molecule has 2 aromatic heterocycles. The molecule has 0 radical (unpaired) electrons. The van der Waals surface area contributed by atoms with Crippen molar-refractivity contribution in [1.29, 1.82) is 0 Å². The van der Waals surface area contributed by atoms with Crippen LogP contribution in [-0.4, -0.2) is 18.6 Å². The fraction of sp³-hybridized carbons (Fsp3) is 0.0667. The molecule has 0 fully saturated rings. The molecule has 0 saturated carbocycles. The predicted octanol–water partition coefficient (Wildman–Crippen LogP) is 1.98. The van der Waals surface area contributed by atoms with Gasteiger partial charge in [-0.05, 0) is 23.8 Å². The maximum atomic E-state index is 12.3. The Morgan fingerprint density at radius 3 is 2.52 bits per heavy atom. The molecule has 3 aromatic rings. The molecule has 0 saturated heterocycles. The highest BCUT2D eigenvalue weighted by molar-refractivity contribution is 7.91. The Morgan fingerprint density at radius 1 is 1.04 bits per heavy atom. The molecule has 0 aliphatic heterocycles. The van der Waals surface area contributed by atoms with Crippen LogP contribution in [-0.2, 0) is 16.6 Å². The molecule has 2 N–H and O–H groups in total. The molecule has 118 valence electrons. The van der Waals surface area contributed by atoms with Gasteiger partial charge in [0.2, 0.25) is 10.0 Å². The summed E-state index contributed by atoms with van der Waals surface area (Å²) in [5.41, 5.74) is 1.11. The highest BCUT2D eigenvalue weighted by Gasteiger charge is 2.17. The first-order chi connectivity index (χ1) is 11.0. The third kappa shape index (κ3) is 3.73. The van der Waals surface area contributed by atoms with E-state index < -0.39 is 10.0 Å². The van der Waals surface area contributed by atoms with Gasteiger partial charge in [-0.25, -0.2) is 18.2 Å². The second-order valence-corrected chi connectivity index (χ2v) is 7.81. The lowest BCUT2D eigenvalue weighted by Gasteiger charge is -2.04. The largest absolute Gasteiger partial charge is 0.268 e. The molecule has 0 aliphatic rings. The number of nitrogens with one attached hydrogen (secondary N) is 2.